The molecule has 0 saturated carbocycles. The topological polar surface area (TPSA) is 108 Å². The van der Waals surface area contributed by atoms with Crippen molar-refractivity contribution < 1.29 is 38.4 Å². The zero-order valence-corrected chi connectivity index (χ0v) is 20.0. The van der Waals surface area contributed by atoms with Crippen molar-refractivity contribution >= 4 is 17.9 Å². The fourth-order valence-electron chi connectivity index (χ4n) is 2.02. The zero-order valence-electron chi connectivity index (χ0n) is 20.0. The summed E-state index contributed by atoms with van der Waals surface area (Å²) in [6.45, 7) is 15.3. The third-order valence-electron chi connectivity index (χ3n) is 3.56. The summed E-state index contributed by atoms with van der Waals surface area (Å²) < 4.78 is 20.3. The molecule has 0 radical (unpaired) electrons. The van der Waals surface area contributed by atoms with E-state index < -0.39 is 23.5 Å². The number of hydrogen-bond donors (Lipinski definition) is 1. The van der Waals surface area contributed by atoms with Crippen LogP contribution in [-0.4, -0.2) is 35.2 Å². The maximum absolute atomic E-state index is 11.5. The molecule has 1 N–H and O–H groups in total. The second kappa shape index (κ2) is 12.8. The first-order chi connectivity index (χ1) is 15.8. The molecule has 0 aliphatic carbocycles. The number of carbonyl (C=O) groups is 3. The summed E-state index contributed by atoms with van der Waals surface area (Å²) >= 11 is 0. The summed E-state index contributed by atoms with van der Waals surface area (Å²) in [5.74, 6) is -0.00655. The highest BCUT2D eigenvalue weighted by atomic mass is 16.6. The summed E-state index contributed by atoms with van der Waals surface area (Å²) in [5, 5.41) is 8.94. The number of phenolic OH excluding ortho intramolecular Hbond substituents is 1. The summed E-state index contributed by atoms with van der Waals surface area (Å²) in [4.78, 5) is 33.8. The second-order valence-electron chi connectivity index (χ2n) is 8.18. The fourth-order valence-corrected chi connectivity index (χ4v) is 2.02. The van der Waals surface area contributed by atoms with Gasteiger partial charge in [-0.05, 0) is 83.1 Å². The summed E-state index contributed by atoms with van der Waals surface area (Å²) in [6, 6.07) is 12.3. The molecule has 0 fully saturated rings. The third-order valence-corrected chi connectivity index (χ3v) is 3.56. The molecule has 0 heterocycles. The van der Waals surface area contributed by atoms with Crippen LogP contribution in [0.5, 0.6) is 23.0 Å². The number of carbonyl (C=O) groups excluding carboxylic acids is 3. The molecule has 0 amide bonds. The monoisotopic (exact) mass is 470 g/mol. The Hall–Kier alpha value is -4.07. The zero-order chi connectivity index (χ0) is 25.9. The Morgan fingerprint density at radius 2 is 1.15 bits per heavy atom. The average molecular weight is 471 g/mol. The van der Waals surface area contributed by atoms with E-state index in [2.05, 4.69) is 13.2 Å². The van der Waals surface area contributed by atoms with Gasteiger partial charge in [0.2, 0.25) is 0 Å². The van der Waals surface area contributed by atoms with Gasteiger partial charge < -0.3 is 24.1 Å². The van der Waals surface area contributed by atoms with Crippen LogP contribution in [0.2, 0.25) is 0 Å². The van der Waals surface area contributed by atoms with Gasteiger partial charge in [0.1, 0.15) is 28.6 Å². The fraction of sp³-hybridized carbons (Fsp3) is 0.269. The molecule has 34 heavy (non-hydrogen) atoms. The highest BCUT2D eigenvalue weighted by Crippen LogP contribution is 2.19. The Morgan fingerprint density at radius 3 is 1.53 bits per heavy atom. The van der Waals surface area contributed by atoms with Crippen LogP contribution in [0.3, 0.4) is 0 Å². The van der Waals surface area contributed by atoms with Crippen molar-refractivity contribution in [1.82, 2.24) is 0 Å². The van der Waals surface area contributed by atoms with Crippen LogP contribution in [0.15, 0.2) is 72.8 Å². The summed E-state index contributed by atoms with van der Waals surface area (Å²) in [5.41, 5.74) is 0.120. The van der Waals surface area contributed by atoms with E-state index in [-0.39, 0.29) is 12.4 Å². The van der Waals surface area contributed by atoms with Crippen LogP contribution in [0.4, 0.5) is 0 Å². The SMILES string of the molecule is C=C(C)C(=O)Oc1ccc(O)cc1.C=C(C)C(=O)Oc1ccc(OCC(=O)OC(C)(C)C)cc1. The molecule has 8 nitrogen and oxygen atoms in total. The Bertz CT molecular complexity index is 1010. The van der Waals surface area contributed by atoms with Gasteiger partial charge in [0.15, 0.2) is 6.61 Å². The van der Waals surface area contributed by atoms with Gasteiger partial charge in [-0.1, -0.05) is 13.2 Å². The van der Waals surface area contributed by atoms with Crippen LogP contribution in [-0.2, 0) is 19.1 Å². The van der Waals surface area contributed by atoms with E-state index in [1.165, 1.54) is 24.3 Å². The van der Waals surface area contributed by atoms with Crippen LogP contribution in [0, 0.1) is 0 Å². The highest BCUT2D eigenvalue weighted by Gasteiger charge is 2.16. The van der Waals surface area contributed by atoms with Gasteiger partial charge in [-0.25, -0.2) is 14.4 Å². The van der Waals surface area contributed by atoms with Crippen molar-refractivity contribution in [3.63, 3.8) is 0 Å². The van der Waals surface area contributed by atoms with Gasteiger partial charge in [0, 0.05) is 11.1 Å². The number of phenols is 1. The first-order valence-corrected chi connectivity index (χ1v) is 10.3. The van der Waals surface area contributed by atoms with E-state index in [0.717, 1.165) is 0 Å². The smallest absolute Gasteiger partial charge is 0.344 e. The normalized spacial score (nSPS) is 10.1. The van der Waals surface area contributed by atoms with Crippen molar-refractivity contribution in [2.45, 2.75) is 40.2 Å². The number of hydrogen-bond acceptors (Lipinski definition) is 8. The molecule has 2 aromatic rings. The molecular formula is C26H30O8. The molecule has 0 aliphatic rings. The summed E-state index contributed by atoms with van der Waals surface area (Å²) in [6.07, 6.45) is 0. The van der Waals surface area contributed by atoms with Crippen LogP contribution >= 0.6 is 0 Å². The lowest BCUT2D eigenvalue weighted by Crippen LogP contribution is -2.27. The van der Waals surface area contributed by atoms with Gasteiger partial charge in [-0.2, -0.15) is 0 Å². The lowest BCUT2D eigenvalue weighted by atomic mass is 10.2. The largest absolute Gasteiger partial charge is 0.508 e. The van der Waals surface area contributed by atoms with E-state index in [0.29, 0.717) is 28.4 Å². The summed E-state index contributed by atoms with van der Waals surface area (Å²) in [7, 11) is 0. The first kappa shape index (κ1) is 28.0. The van der Waals surface area contributed by atoms with E-state index in [1.807, 2.05) is 0 Å². The van der Waals surface area contributed by atoms with Crippen molar-refractivity contribution in [3.05, 3.63) is 72.8 Å². The van der Waals surface area contributed by atoms with Gasteiger partial charge in [0.25, 0.3) is 0 Å². The molecule has 8 heteroatoms. The molecule has 2 aromatic carbocycles. The molecule has 0 spiro atoms. The van der Waals surface area contributed by atoms with E-state index >= 15 is 0 Å². The van der Waals surface area contributed by atoms with Crippen molar-refractivity contribution in [2.75, 3.05) is 6.61 Å². The number of ether oxygens (including phenoxy) is 4. The Morgan fingerprint density at radius 1 is 0.765 bits per heavy atom. The van der Waals surface area contributed by atoms with Crippen LogP contribution in [0.1, 0.15) is 34.6 Å². The maximum atomic E-state index is 11.5. The van der Waals surface area contributed by atoms with E-state index in [1.54, 1.807) is 58.9 Å². The lowest BCUT2D eigenvalue weighted by Gasteiger charge is -2.19. The minimum Gasteiger partial charge on any atom is -0.508 e. The maximum Gasteiger partial charge on any atom is 0.344 e. The quantitative estimate of drug-likeness (QED) is 0.350. The minimum absolute atomic E-state index is 0.134. The van der Waals surface area contributed by atoms with Gasteiger partial charge in [-0.3, -0.25) is 0 Å². The number of rotatable bonds is 7. The number of aromatic hydroxyl groups is 1. The van der Waals surface area contributed by atoms with Crippen LogP contribution in [0.25, 0.3) is 0 Å². The minimum atomic E-state index is -0.541. The molecule has 0 atom stereocenters. The number of benzene rings is 2. The van der Waals surface area contributed by atoms with Crippen molar-refractivity contribution in [2.24, 2.45) is 0 Å². The van der Waals surface area contributed by atoms with Crippen LogP contribution < -0.4 is 14.2 Å². The highest BCUT2D eigenvalue weighted by molar-refractivity contribution is 5.89. The molecule has 0 unspecified atom stereocenters. The predicted molar refractivity (Wildman–Crippen MR) is 127 cm³/mol. The van der Waals surface area contributed by atoms with Crippen molar-refractivity contribution in [1.29, 1.82) is 0 Å². The first-order valence-electron chi connectivity index (χ1n) is 10.3. The van der Waals surface area contributed by atoms with Gasteiger partial charge in [0.05, 0.1) is 0 Å². The molecular weight excluding hydrogens is 440 g/mol. The number of esters is 3. The Labute approximate surface area is 199 Å². The second-order valence-corrected chi connectivity index (χ2v) is 8.18. The molecule has 182 valence electrons. The van der Waals surface area contributed by atoms with E-state index in [4.69, 9.17) is 24.1 Å². The Balaban J connectivity index is 0.000000380. The molecule has 0 aliphatic heterocycles. The Kier molecular flexibility index (Phi) is 10.6. The lowest BCUT2D eigenvalue weighted by molar-refractivity contribution is -0.157. The van der Waals surface area contributed by atoms with Gasteiger partial charge in [-0.15, -0.1) is 0 Å². The van der Waals surface area contributed by atoms with Crippen molar-refractivity contribution in [3.8, 4) is 23.0 Å². The van der Waals surface area contributed by atoms with E-state index in [9.17, 15) is 14.4 Å². The third kappa shape index (κ3) is 11.5. The standard InChI is InChI=1S/C16H20O5.C10H10O3/c1-11(2)15(18)20-13-8-6-12(7-9-13)19-10-14(17)21-16(3,4)5;1-7(2)10(12)13-9-5-3-8(11)4-6-9/h6-9H,1,10H2,2-5H3;3-6,11H,1H2,2H3. The predicted octanol–water partition coefficient (Wildman–Crippen LogP) is 4.76. The average Bonchev–Trinajstić information content (AvgIpc) is 2.74. The molecule has 2 rings (SSSR count). The molecule has 0 aromatic heterocycles. The molecule has 0 saturated heterocycles. The van der Waals surface area contributed by atoms with Gasteiger partial charge >= 0.3 is 17.9 Å². The molecule has 0 bridgehead atoms.